The van der Waals surface area contributed by atoms with Crippen molar-refractivity contribution >= 4 is 5.96 Å². The van der Waals surface area contributed by atoms with Gasteiger partial charge < -0.3 is 20.4 Å². The average Bonchev–Trinajstić information content (AvgIpc) is 3.06. The van der Waals surface area contributed by atoms with Gasteiger partial charge in [-0.2, -0.15) is 0 Å². The van der Waals surface area contributed by atoms with Crippen LogP contribution in [0.2, 0.25) is 0 Å². The first kappa shape index (κ1) is 23.4. The van der Waals surface area contributed by atoms with E-state index in [1.165, 1.54) is 84.3 Å². The van der Waals surface area contributed by atoms with Crippen molar-refractivity contribution in [2.24, 2.45) is 10.9 Å². The highest BCUT2D eigenvalue weighted by Gasteiger charge is 2.22. The van der Waals surface area contributed by atoms with E-state index in [-0.39, 0.29) is 0 Å². The van der Waals surface area contributed by atoms with E-state index in [1.54, 1.807) is 0 Å². The molecule has 0 spiro atoms. The van der Waals surface area contributed by atoms with E-state index in [1.807, 2.05) is 7.05 Å². The number of hydrogen-bond acceptors (Lipinski definition) is 4. The van der Waals surface area contributed by atoms with Crippen molar-refractivity contribution in [2.45, 2.75) is 58.4 Å². The summed E-state index contributed by atoms with van der Waals surface area (Å²) >= 11 is 0. The summed E-state index contributed by atoms with van der Waals surface area (Å²) in [7, 11) is 4.12. The SMILES string of the molecule is CN=C(NCCCN1CCCN(C)CC1)NCC(C(C)C)N1CCCCCC1. The summed E-state index contributed by atoms with van der Waals surface area (Å²) < 4.78 is 0. The van der Waals surface area contributed by atoms with Gasteiger partial charge in [0.15, 0.2) is 5.96 Å². The maximum absolute atomic E-state index is 4.45. The second-order valence-electron chi connectivity index (χ2n) is 8.99. The second kappa shape index (κ2) is 13.4. The number of rotatable bonds is 8. The van der Waals surface area contributed by atoms with Crippen LogP contribution in [0.25, 0.3) is 0 Å². The maximum Gasteiger partial charge on any atom is 0.191 e. The lowest BCUT2D eigenvalue weighted by atomic mass is 10.0. The lowest BCUT2D eigenvalue weighted by Gasteiger charge is -2.34. The molecular formula is C22H46N6. The van der Waals surface area contributed by atoms with Crippen LogP contribution in [-0.2, 0) is 0 Å². The van der Waals surface area contributed by atoms with E-state index in [9.17, 15) is 0 Å². The van der Waals surface area contributed by atoms with Gasteiger partial charge >= 0.3 is 0 Å². The van der Waals surface area contributed by atoms with Crippen LogP contribution in [0.4, 0.5) is 0 Å². The van der Waals surface area contributed by atoms with Crippen LogP contribution < -0.4 is 10.6 Å². The molecule has 0 aromatic carbocycles. The minimum Gasteiger partial charge on any atom is -0.356 e. The fraction of sp³-hybridized carbons (Fsp3) is 0.955. The molecule has 0 bridgehead atoms. The zero-order valence-corrected chi connectivity index (χ0v) is 19.1. The summed E-state index contributed by atoms with van der Waals surface area (Å²) in [6, 6.07) is 0.589. The lowest BCUT2D eigenvalue weighted by molar-refractivity contribution is 0.161. The van der Waals surface area contributed by atoms with E-state index >= 15 is 0 Å². The molecule has 1 unspecified atom stereocenters. The van der Waals surface area contributed by atoms with Gasteiger partial charge in [-0.3, -0.25) is 9.89 Å². The summed E-state index contributed by atoms with van der Waals surface area (Å²) in [6.45, 7) is 15.2. The topological polar surface area (TPSA) is 46.1 Å². The highest BCUT2D eigenvalue weighted by Crippen LogP contribution is 2.17. The smallest absolute Gasteiger partial charge is 0.191 e. The fourth-order valence-corrected chi connectivity index (χ4v) is 4.47. The third kappa shape index (κ3) is 8.66. The third-order valence-corrected chi connectivity index (χ3v) is 6.34. The van der Waals surface area contributed by atoms with E-state index in [0.717, 1.165) is 19.0 Å². The van der Waals surface area contributed by atoms with Crippen LogP contribution in [0.1, 0.15) is 52.4 Å². The fourth-order valence-electron chi connectivity index (χ4n) is 4.47. The van der Waals surface area contributed by atoms with Gasteiger partial charge in [0.05, 0.1) is 0 Å². The van der Waals surface area contributed by atoms with Gasteiger partial charge in [0.25, 0.3) is 0 Å². The number of likely N-dealkylation sites (N-methyl/N-ethyl adjacent to an activating group) is 1. The second-order valence-corrected chi connectivity index (χ2v) is 8.99. The molecule has 6 nitrogen and oxygen atoms in total. The number of likely N-dealkylation sites (tertiary alicyclic amines) is 1. The molecule has 0 radical (unpaired) electrons. The van der Waals surface area contributed by atoms with Crippen LogP contribution in [0.3, 0.4) is 0 Å². The Bertz CT molecular complexity index is 431. The Morgan fingerprint density at radius 1 is 0.893 bits per heavy atom. The van der Waals surface area contributed by atoms with Gasteiger partial charge in [0.1, 0.15) is 0 Å². The van der Waals surface area contributed by atoms with Gasteiger partial charge in [-0.1, -0.05) is 26.7 Å². The number of hydrogen-bond donors (Lipinski definition) is 2. The highest BCUT2D eigenvalue weighted by molar-refractivity contribution is 5.79. The van der Waals surface area contributed by atoms with Crippen LogP contribution in [0.5, 0.6) is 0 Å². The maximum atomic E-state index is 4.45. The third-order valence-electron chi connectivity index (χ3n) is 6.34. The minimum absolute atomic E-state index is 0.589. The molecule has 2 fully saturated rings. The van der Waals surface area contributed by atoms with Gasteiger partial charge in [-0.15, -0.1) is 0 Å². The Labute approximate surface area is 174 Å². The molecule has 2 rings (SSSR count). The Hall–Kier alpha value is -0.850. The average molecular weight is 395 g/mol. The number of nitrogens with zero attached hydrogens (tertiary/aromatic N) is 4. The quantitative estimate of drug-likeness (QED) is 0.375. The van der Waals surface area contributed by atoms with Crippen molar-refractivity contribution in [3.8, 4) is 0 Å². The van der Waals surface area contributed by atoms with E-state index in [0.29, 0.717) is 12.0 Å². The number of aliphatic imine (C=N–C) groups is 1. The summed E-state index contributed by atoms with van der Waals surface area (Å²) in [5.41, 5.74) is 0. The van der Waals surface area contributed by atoms with Crippen LogP contribution in [0, 0.1) is 5.92 Å². The van der Waals surface area contributed by atoms with E-state index in [4.69, 9.17) is 0 Å². The van der Waals surface area contributed by atoms with Crippen LogP contribution in [-0.4, -0.2) is 99.7 Å². The number of nitrogens with one attached hydrogen (secondary N) is 2. The first-order valence-electron chi connectivity index (χ1n) is 11.7. The summed E-state index contributed by atoms with van der Waals surface area (Å²) in [5, 5.41) is 7.13. The van der Waals surface area contributed by atoms with Gasteiger partial charge in [0, 0.05) is 39.3 Å². The molecule has 2 saturated heterocycles. The van der Waals surface area contributed by atoms with Crippen molar-refractivity contribution in [3.63, 3.8) is 0 Å². The predicted octanol–water partition coefficient (Wildman–Crippen LogP) is 2.08. The first-order valence-corrected chi connectivity index (χ1v) is 11.7. The highest BCUT2D eigenvalue weighted by atomic mass is 15.2. The molecule has 2 aliphatic heterocycles. The largest absolute Gasteiger partial charge is 0.356 e. The molecule has 2 aliphatic rings. The van der Waals surface area contributed by atoms with Crippen LogP contribution in [0.15, 0.2) is 4.99 Å². The molecule has 28 heavy (non-hydrogen) atoms. The van der Waals surface area contributed by atoms with Gasteiger partial charge in [-0.25, -0.2) is 0 Å². The molecule has 2 heterocycles. The molecule has 2 N–H and O–H groups in total. The summed E-state index contributed by atoms with van der Waals surface area (Å²) in [5.74, 6) is 1.61. The van der Waals surface area contributed by atoms with E-state index < -0.39 is 0 Å². The Morgan fingerprint density at radius 3 is 2.32 bits per heavy atom. The first-order chi connectivity index (χ1) is 13.6. The van der Waals surface area contributed by atoms with Gasteiger partial charge in [-0.05, 0) is 71.4 Å². The van der Waals surface area contributed by atoms with Crippen molar-refractivity contribution < 1.29 is 0 Å². The van der Waals surface area contributed by atoms with Gasteiger partial charge in [0.2, 0.25) is 0 Å². The van der Waals surface area contributed by atoms with Crippen LogP contribution >= 0.6 is 0 Å². The van der Waals surface area contributed by atoms with Crippen molar-refractivity contribution in [3.05, 3.63) is 0 Å². The molecular weight excluding hydrogens is 348 g/mol. The molecule has 0 aliphatic carbocycles. The van der Waals surface area contributed by atoms with Crippen molar-refractivity contribution in [1.82, 2.24) is 25.3 Å². The Morgan fingerprint density at radius 2 is 1.64 bits per heavy atom. The number of guanidine groups is 1. The van der Waals surface area contributed by atoms with Crippen molar-refractivity contribution in [2.75, 3.05) is 73.0 Å². The molecule has 6 heteroatoms. The molecule has 0 saturated carbocycles. The molecule has 0 aromatic heterocycles. The van der Waals surface area contributed by atoms with Crippen molar-refractivity contribution in [1.29, 1.82) is 0 Å². The summed E-state index contributed by atoms with van der Waals surface area (Å²) in [4.78, 5) is 12.2. The van der Waals surface area contributed by atoms with E-state index in [2.05, 4.69) is 51.2 Å². The molecule has 164 valence electrons. The standard InChI is InChI=1S/C22H46N6/c1-20(2)21(28-15-7-5-6-8-16-28)19-25-22(23-3)24-11-9-13-27-14-10-12-26(4)17-18-27/h20-21H,5-19H2,1-4H3,(H2,23,24,25). The minimum atomic E-state index is 0.589. The zero-order chi connectivity index (χ0) is 20.2. The lowest BCUT2D eigenvalue weighted by Crippen LogP contribution is -2.50. The Balaban J connectivity index is 1.67. The Kier molecular flexibility index (Phi) is 11.2. The molecule has 0 aromatic rings. The normalized spacial score (nSPS) is 22.7. The monoisotopic (exact) mass is 394 g/mol. The predicted molar refractivity (Wildman–Crippen MR) is 121 cm³/mol. The summed E-state index contributed by atoms with van der Waals surface area (Å²) in [6.07, 6.45) is 7.95. The zero-order valence-electron chi connectivity index (χ0n) is 19.1. The molecule has 0 amide bonds. The molecule has 1 atom stereocenters.